The van der Waals surface area contributed by atoms with Crippen molar-refractivity contribution in [3.63, 3.8) is 0 Å². The van der Waals surface area contributed by atoms with E-state index in [1.165, 1.54) is 218 Å². The van der Waals surface area contributed by atoms with Gasteiger partial charge in [0.2, 0.25) is 5.51 Å². The standard InChI is InChI=1S/C40H78NS.ClH/c1-3-5-7-9-11-13-15-17-19-21-23-25-27-29-31-33-35-40(38-41-36-37-42-39-41)34-32-30-28-26-24-22-20-18-16-14-12-10-8-6-4-2;/h36-37,39-40H,3-35,38H2,1-2H3;1H/q+1;/p-1. The second-order valence-corrected chi connectivity index (χ2v) is 14.7. The topological polar surface area (TPSA) is 3.88 Å². The third-order valence-corrected chi connectivity index (χ3v) is 10.3. The number of thiazole rings is 1. The molecule has 0 N–H and O–H groups in total. The molecule has 1 rings (SSSR count). The van der Waals surface area contributed by atoms with Crippen molar-refractivity contribution in [1.82, 2.24) is 0 Å². The van der Waals surface area contributed by atoms with Gasteiger partial charge in [0.1, 0.15) is 0 Å². The molecule has 43 heavy (non-hydrogen) atoms. The van der Waals surface area contributed by atoms with Crippen molar-refractivity contribution in [2.24, 2.45) is 5.92 Å². The van der Waals surface area contributed by atoms with Crippen molar-refractivity contribution < 1.29 is 17.0 Å². The molecular formula is C40H78ClNS. The van der Waals surface area contributed by atoms with E-state index in [2.05, 4.69) is 35.5 Å². The molecule has 0 fully saturated rings. The molecule has 0 aliphatic carbocycles. The number of rotatable bonds is 35. The van der Waals surface area contributed by atoms with Crippen LogP contribution in [0, 0.1) is 5.92 Å². The Labute approximate surface area is 282 Å². The van der Waals surface area contributed by atoms with Gasteiger partial charge in [-0.05, 0) is 12.8 Å². The molecule has 0 saturated carbocycles. The van der Waals surface area contributed by atoms with Crippen molar-refractivity contribution in [3.05, 3.63) is 17.1 Å². The van der Waals surface area contributed by atoms with Crippen molar-refractivity contribution in [2.75, 3.05) is 0 Å². The molecule has 1 nitrogen and oxygen atoms in total. The number of aromatic nitrogens is 1. The predicted molar refractivity (Wildman–Crippen MR) is 192 cm³/mol. The summed E-state index contributed by atoms with van der Waals surface area (Å²) >= 11 is 1.84. The molecule has 0 bridgehead atoms. The van der Waals surface area contributed by atoms with Gasteiger partial charge >= 0.3 is 0 Å². The van der Waals surface area contributed by atoms with E-state index in [9.17, 15) is 0 Å². The smallest absolute Gasteiger partial charge is 0.224 e. The highest BCUT2D eigenvalue weighted by Gasteiger charge is 2.14. The molecule has 1 aromatic heterocycles. The number of hydrogen-bond acceptors (Lipinski definition) is 1. The van der Waals surface area contributed by atoms with Gasteiger partial charge in [-0.1, -0.05) is 224 Å². The molecule has 3 heteroatoms. The maximum Gasteiger partial charge on any atom is 0.224 e. The fraction of sp³-hybridized carbons (Fsp3) is 0.925. The zero-order valence-corrected chi connectivity index (χ0v) is 31.2. The highest BCUT2D eigenvalue weighted by molar-refractivity contribution is 7.07. The van der Waals surface area contributed by atoms with Crippen molar-refractivity contribution in [3.8, 4) is 0 Å². The van der Waals surface area contributed by atoms with Crippen LogP contribution in [0.2, 0.25) is 0 Å². The Balaban J connectivity index is 0.0000176. The summed E-state index contributed by atoms with van der Waals surface area (Å²) in [7, 11) is 0. The van der Waals surface area contributed by atoms with Crippen LogP contribution in [0.15, 0.2) is 17.1 Å². The molecule has 0 radical (unpaired) electrons. The van der Waals surface area contributed by atoms with Gasteiger partial charge in [0.15, 0.2) is 12.7 Å². The van der Waals surface area contributed by atoms with Gasteiger partial charge < -0.3 is 12.4 Å². The number of hydrogen-bond donors (Lipinski definition) is 0. The predicted octanol–water partition coefficient (Wildman–Crippen LogP) is 11.6. The van der Waals surface area contributed by atoms with Gasteiger partial charge in [0, 0.05) is 5.92 Å². The lowest BCUT2D eigenvalue weighted by Gasteiger charge is -2.13. The minimum atomic E-state index is 0. The summed E-state index contributed by atoms with van der Waals surface area (Å²) in [6.07, 6.45) is 50.6. The van der Waals surface area contributed by atoms with Gasteiger partial charge in [-0.15, -0.1) is 0 Å². The van der Waals surface area contributed by atoms with E-state index in [-0.39, 0.29) is 12.4 Å². The zero-order valence-electron chi connectivity index (χ0n) is 29.6. The molecule has 256 valence electrons. The lowest BCUT2D eigenvalue weighted by atomic mass is 9.93. The van der Waals surface area contributed by atoms with Crippen LogP contribution in [-0.2, 0) is 6.54 Å². The number of nitrogens with zero attached hydrogens (tertiary/aromatic N) is 1. The van der Waals surface area contributed by atoms with Crippen LogP contribution < -0.4 is 17.0 Å². The first-order valence-electron chi connectivity index (χ1n) is 19.8. The first-order valence-corrected chi connectivity index (χ1v) is 20.7. The summed E-state index contributed by atoms with van der Waals surface area (Å²) in [6.45, 7) is 5.87. The van der Waals surface area contributed by atoms with E-state index in [1.807, 2.05) is 11.3 Å². The first kappa shape index (κ1) is 42.9. The lowest BCUT2D eigenvalue weighted by molar-refractivity contribution is -0.698. The fourth-order valence-corrected chi connectivity index (χ4v) is 7.39. The van der Waals surface area contributed by atoms with Crippen molar-refractivity contribution >= 4 is 11.3 Å². The molecule has 0 aliphatic rings. The monoisotopic (exact) mass is 640 g/mol. The summed E-state index contributed by atoms with van der Waals surface area (Å²) in [5, 5.41) is 2.24. The second kappa shape index (κ2) is 36.4. The average molecular weight is 641 g/mol. The van der Waals surface area contributed by atoms with E-state index in [0.717, 1.165) is 5.92 Å². The van der Waals surface area contributed by atoms with Gasteiger partial charge in [-0.2, -0.15) is 4.57 Å². The molecule has 0 aliphatic heterocycles. The van der Waals surface area contributed by atoms with Crippen LogP contribution in [0.4, 0.5) is 0 Å². The van der Waals surface area contributed by atoms with Crippen LogP contribution in [0.25, 0.3) is 0 Å². The van der Waals surface area contributed by atoms with Crippen molar-refractivity contribution in [2.45, 2.75) is 232 Å². The van der Waals surface area contributed by atoms with Gasteiger partial charge in [0.05, 0.1) is 5.38 Å². The van der Waals surface area contributed by atoms with Crippen molar-refractivity contribution in [1.29, 1.82) is 0 Å². The average Bonchev–Trinajstić information content (AvgIpc) is 3.52. The maximum absolute atomic E-state index is 2.45. The summed E-state index contributed by atoms with van der Waals surface area (Å²) < 4.78 is 2.45. The Morgan fingerprint density at radius 3 is 0.953 bits per heavy atom. The Morgan fingerprint density at radius 2 is 0.698 bits per heavy atom. The zero-order chi connectivity index (χ0) is 30.0. The third-order valence-electron chi connectivity index (χ3n) is 9.68. The Morgan fingerprint density at radius 1 is 0.419 bits per heavy atom. The van der Waals surface area contributed by atoms with Gasteiger partial charge in [-0.3, -0.25) is 0 Å². The van der Waals surface area contributed by atoms with Crippen LogP contribution in [0.1, 0.15) is 226 Å². The summed E-state index contributed by atoms with van der Waals surface area (Å²) in [6, 6.07) is 0. The molecule has 1 atom stereocenters. The normalized spacial score (nSPS) is 12.0. The molecule has 1 aromatic rings. The van der Waals surface area contributed by atoms with Crippen LogP contribution >= 0.6 is 11.3 Å². The molecular weight excluding hydrogens is 562 g/mol. The Bertz CT molecular complexity index is 604. The van der Waals surface area contributed by atoms with Crippen LogP contribution in [0.3, 0.4) is 0 Å². The van der Waals surface area contributed by atoms with E-state index >= 15 is 0 Å². The molecule has 0 spiro atoms. The Kier molecular flexibility index (Phi) is 36.3. The van der Waals surface area contributed by atoms with E-state index in [1.54, 1.807) is 0 Å². The molecule has 0 aromatic carbocycles. The largest absolute Gasteiger partial charge is 1.00 e. The fourth-order valence-electron chi connectivity index (χ4n) is 6.78. The van der Waals surface area contributed by atoms with Gasteiger partial charge in [0.25, 0.3) is 0 Å². The summed E-state index contributed by atoms with van der Waals surface area (Å²) in [4.78, 5) is 0. The molecule has 0 saturated heterocycles. The molecule has 1 heterocycles. The quantitative estimate of drug-likeness (QED) is 0.0514. The number of unbranched alkanes of at least 4 members (excludes halogenated alkanes) is 29. The maximum atomic E-state index is 2.45. The van der Waals surface area contributed by atoms with E-state index in [0.29, 0.717) is 0 Å². The molecule has 0 amide bonds. The minimum Gasteiger partial charge on any atom is -1.00 e. The minimum absolute atomic E-state index is 0. The highest BCUT2D eigenvalue weighted by atomic mass is 35.5. The summed E-state index contributed by atoms with van der Waals surface area (Å²) in [5.74, 6) is 0.887. The lowest BCUT2D eigenvalue weighted by Crippen LogP contribution is -3.00. The second-order valence-electron chi connectivity index (χ2n) is 13.9. The van der Waals surface area contributed by atoms with Crippen LogP contribution in [-0.4, -0.2) is 0 Å². The third kappa shape index (κ3) is 31.7. The summed E-state index contributed by atoms with van der Waals surface area (Å²) in [5.41, 5.74) is 2.31. The molecule has 1 unspecified atom stereocenters. The van der Waals surface area contributed by atoms with E-state index < -0.39 is 0 Å². The SMILES string of the molecule is CCCCCCCCCCCCCCCCCCC(CCCCCCCCCCCCCCCCC)C[n+]1ccsc1.[Cl-]. The van der Waals surface area contributed by atoms with Crippen LogP contribution in [0.5, 0.6) is 0 Å². The Hall–Kier alpha value is -0.0800. The highest BCUT2D eigenvalue weighted by Crippen LogP contribution is 2.21. The first-order chi connectivity index (χ1) is 20.9. The number of halogens is 1. The van der Waals surface area contributed by atoms with Gasteiger partial charge in [-0.25, -0.2) is 0 Å². The van der Waals surface area contributed by atoms with E-state index in [4.69, 9.17) is 0 Å².